The zero-order chi connectivity index (χ0) is 70.1. The molecule has 0 aliphatic carbocycles. The van der Waals surface area contributed by atoms with Gasteiger partial charge in [-0.3, -0.25) is 4.79 Å². The first kappa shape index (κ1) is 90.5. The van der Waals surface area contributed by atoms with Crippen molar-refractivity contribution in [2.24, 2.45) is 0 Å². The van der Waals surface area contributed by atoms with Crippen LogP contribution >= 0.6 is 0 Å². The number of rotatable bonds is 68. The number of hydrogen-bond acceptors (Lipinski definition) is 13. The standard InChI is InChI=1S/C83H151NO13/c1-3-5-7-9-11-13-15-17-19-21-23-25-27-28-29-30-31-32-33-34-35-36-37-38-39-40-41-42-43-44-45-47-49-51-53-55-57-59-61-63-65-67-75(88)84-71(70-94-82-80(93)78(91)81(74(69-86)96-82)97-83-79(92)77(90)76(89)73(68-85)95-83)72(87)66-64-62-60-58-56-54-52-50-48-46-26-24-22-20-18-16-14-12-10-8-6-4-2/h5,7,11,13,17,19,23,25,28-29,64,66,71-74,76-83,85-87,89-93H,3-4,6,8-10,12,14-16,18,20-22,24,26-27,30-63,65,67-70H2,1-2H3,(H,84,88)/b7-5-,13-11-,19-17-,25-23-,29-28-,66-64+. The molecule has 0 aromatic heterocycles. The van der Waals surface area contributed by atoms with Gasteiger partial charge in [0.05, 0.1) is 32.0 Å². The fraction of sp³-hybridized carbons (Fsp3) is 0.843. The summed E-state index contributed by atoms with van der Waals surface area (Å²) >= 11 is 0. The molecule has 9 N–H and O–H groups in total. The highest BCUT2D eigenvalue weighted by Crippen LogP contribution is 2.30. The Morgan fingerprint density at radius 1 is 0.381 bits per heavy atom. The third-order valence-electron chi connectivity index (χ3n) is 19.6. The van der Waals surface area contributed by atoms with Crippen LogP contribution in [0.2, 0.25) is 0 Å². The first-order valence-electron chi connectivity index (χ1n) is 40.7. The van der Waals surface area contributed by atoms with Crippen LogP contribution in [-0.2, 0) is 23.7 Å². The molecule has 0 aromatic rings. The topological polar surface area (TPSA) is 228 Å². The number of hydrogen-bond donors (Lipinski definition) is 9. The molecule has 0 bridgehead atoms. The molecule has 12 unspecified atom stereocenters. The molecule has 2 aliphatic rings. The summed E-state index contributed by atoms with van der Waals surface area (Å²) in [6.07, 6.45) is 75.6. The second-order valence-electron chi connectivity index (χ2n) is 28.5. The minimum absolute atomic E-state index is 0.233. The molecule has 14 heteroatoms. The van der Waals surface area contributed by atoms with Crippen LogP contribution in [0, 0.1) is 0 Å². The number of nitrogens with one attached hydrogen (secondary N) is 1. The molecule has 12 atom stereocenters. The number of carbonyl (C=O) groups is 1. The molecule has 0 spiro atoms. The fourth-order valence-electron chi connectivity index (χ4n) is 13.3. The van der Waals surface area contributed by atoms with Crippen LogP contribution in [0.4, 0.5) is 0 Å². The number of allylic oxidation sites excluding steroid dienone is 11. The molecule has 2 aliphatic heterocycles. The zero-order valence-corrected chi connectivity index (χ0v) is 62.1. The molecule has 14 nitrogen and oxygen atoms in total. The van der Waals surface area contributed by atoms with E-state index in [1.165, 1.54) is 257 Å². The Morgan fingerprint density at radius 3 is 1.09 bits per heavy atom. The molecule has 566 valence electrons. The summed E-state index contributed by atoms with van der Waals surface area (Å²) in [7, 11) is 0. The number of carbonyl (C=O) groups excluding carboxylic acids is 1. The summed E-state index contributed by atoms with van der Waals surface area (Å²) in [6, 6.07) is -0.916. The summed E-state index contributed by atoms with van der Waals surface area (Å²) < 4.78 is 22.9. The van der Waals surface area contributed by atoms with Crippen molar-refractivity contribution in [2.45, 2.75) is 428 Å². The summed E-state index contributed by atoms with van der Waals surface area (Å²) in [5.74, 6) is -0.233. The van der Waals surface area contributed by atoms with Gasteiger partial charge in [-0.05, 0) is 64.2 Å². The van der Waals surface area contributed by atoms with E-state index in [0.717, 1.165) is 70.6 Å². The molecule has 2 heterocycles. The number of ether oxygens (including phenoxy) is 4. The normalized spacial score (nSPS) is 22.5. The van der Waals surface area contributed by atoms with Crippen LogP contribution in [0.3, 0.4) is 0 Å². The largest absolute Gasteiger partial charge is 0.394 e. The van der Waals surface area contributed by atoms with Crippen LogP contribution in [0.5, 0.6) is 0 Å². The third kappa shape index (κ3) is 49.6. The Morgan fingerprint density at radius 2 is 0.711 bits per heavy atom. The van der Waals surface area contributed by atoms with Crippen LogP contribution < -0.4 is 5.32 Å². The maximum absolute atomic E-state index is 13.4. The highest BCUT2D eigenvalue weighted by atomic mass is 16.7. The molecule has 0 aromatic carbocycles. The van der Waals surface area contributed by atoms with E-state index >= 15 is 0 Å². The Hall–Kier alpha value is -2.57. The average molecular weight is 1370 g/mol. The third-order valence-corrected chi connectivity index (χ3v) is 19.6. The van der Waals surface area contributed by atoms with Gasteiger partial charge in [-0.1, -0.05) is 356 Å². The van der Waals surface area contributed by atoms with Gasteiger partial charge in [0.2, 0.25) is 5.91 Å². The predicted molar refractivity (Wildman–Crippen MR) is 401 cm³/mol. The van der Waals surface area contributed by atoms with E-state index in [-0.39, 0.29) is 18.9 Å². The lowest BCUT2D eigenvalue weighted by Crippen LogP contribution is -2.65. The Bertz CT molecular complexity index is 1910. The van der Waals surface area contributed by atoms with Gasteiger partial charge in [-0.15, -0.1) is 0 Å². The average Bonchev–Trinajstić information content (AvgIpc) is 0.794. The molecular formula is C83H151NO13. The maximum atomic E-state index is 13.4. The first-order chi connectivity index (χ1) is 47.6. The molecule has 2 rings (SSSR count). The van der Waals surface area contributed by atoms with Gasteiger partial charge < -0.3 is 65.1 Å². The lowest BCUT2D eigenvalue weighted by atomic mass is 9.97. The molecule has 1 amide bonds. The van der Waals surface area contributed by atoms with Crippen molar-refractivity contribution in [3.8, 4) is 0 Å². The quantitative estimate of drug-likeness (QED) is 0.0204. The fourth-order valence-corrected chi connectivity index (χ4v) is 13.3. The number of amides is 1. The van der Waals surface area contributed by atoms with Crippen LogP contribution in [0.15, 0.2) is 72.9 Å². The smallest absolute Gasteiger partial charge is 0.220 e. The van der Waals surface area contributed by atoms with Gasteiger partial charge in [0, 0.05) is 6.42 Å². The Balaban J connectivity index is 1.56. The van der Waals surface area contributed by atoms with Gasteiger partial charge >= 0.3 is 0 Å². The van der Waals surface area contributed by atoms with Crippen molar-refractivity contribution in [3.63, 3.8) is 0 Å². The van der Waals surface area contributed by atoms with E-state index in [4.69, 9.17) is 18.9 Å². The lowest BCUT2D eigenvalue weighted by molar-refractivity contribution is -0.359. The molecule has 2 fully saturated rings. The van der Waals surface area contributed by atoms with Crippen molar-refractivity contribution in [2.75, 3.05) is 19.8 Å². The number of aliphatic hydroxyl groups is 8. The summed E-state index contributed by atoms with van der Waals surface area (Å²) in [4.78, 5) is 13.4. The van der Waals surface area contributed by atoms with Gasteiger partial charge in [0.1, 0.15) is 48.8 Å². The van der Waals surface area contributed by atoms with E-state index < -0.39 is 86.8 Å². The number of unbranched alkanes of at least 4 members (excludes halogenated alkanes) is 45. The minimum Gasteiger partial charge on any atom is -0.394 e. The van der Waals surface area contributed by atoms with Crippen molar-refractivity contribution in [1.82, 2.24) is 5.32 Å². The van der Waals surface area contributed by atoms with E-state index in [9.17, 15) is 45.6 Å². The second-order valence-corrected chi connectivity index (χ2v) is 28.5. The van der Waals surface area contributed by atoms with Crippen LogP contribution in [0.1, 0.15) is 354 Å². The number of aliphatic hydroxyl groups excluding tert-OH is 8. The Labute approximate surface area is 593 Å². The minimum atomic E-state index is -1.79. The van der Waals surface area contributed by atoms with Crippen LogP contribution in [-0.4, -0.2) is 140 Å². The molecule has 97 heavy (non-hydrogen) atoms. The summed E-state index contributed by atoms with van der Waals surface area (Å²) in [5, 5.41) is 87.7. The maximum Gasteiger partial charge on any atom is 0.220 e. The monoisotopic (exact) mass is 1370 g/mol. The second kappa shape index (κ2) is 66.7. The van der Waals surface area contributed by atoms with Crippen molar-refractivity contribution >= 4 is 5.91 Å². The highest BCUT2D eigenvalue weighted by molar-refractivity contribution is 5.76. The SMILES string of the molecule is CC/C=C\C/C=C\C/C=C\C/C=C\C/C=C\CCCCCCCCCCCCCCCCCCCCCCCCCCCC(=O)NC(COC1OC(CO)C(OC2OC(CO)C(O)C(O)C2O)C(O)C1O)C(O)/C=C/CCCCCCCCCCCCCCCCCCCCCC. The first-order valence-corrected chi connectivity index (χ1v) is 40.7. The van der Waals surface area contributed by atoms with Gasteiger partial charge in [0.15, 0.2) is 12.6 Å². The van der Waals surface area contributed by atoms with Crippen molar-refractivity contribution in [1.29, 1.82) is 0 Å². The zero-order valence-electron chi connectivity index (χ0n) is 62.1. The highest BCUT2D eigenvalue weighted by Gasteiger charge is 2.51. The molecule has 2 saturated heterocycles. The van der Waals surface area contributed by atoms with E-state index in [1.54, 1.807) is 6.08 Å². The Kier molecular flexibility index (Phi) is 62.2. The summed E-state index contributed by atoms with van der Waals surface area (Å²) in [6.45, 7) is 2.74. The lowest BCUT2D eigenvalue weighted by Gasteiger charge is -2.46. The van der Waals surface area contributed by atoms with Crippen LogP contribution in [0.25, 0.3) is 0 Å². The van der Waals surface area contributed by atoms with E-state index in [0.29, 0.717) is 6.42 Å². The summed E-state index contributed by atoms with van der Waals surface area (Å²) in [5.41, 5.74) is 0. The van der Waals surface area contributed by atoms with Gasteiger partial charge in [-0.2, -0.15) is 0 Å². The molecule has 0 saturated carbocycles. The van der Waals surface area contributed by atoms with E-state index in [1.807, 2.05) is 6.08 Å². The van der Waals surface area contributed by atoms with E-state index in [2.05, 4.69) is 79.9 Å². The predicted octanol–water partition coefficient (Wildman–Crippen LogP) is 18.5. The van der Waals surface area contributed by atoms with Crippen molar-refractivity contribution < 1.29 is 64.6 Å². The molecule has 0 radical (unpaired) electrons. The van der Waals surface area contributed by atoms with Gasteiger partial charge in [0.25, 0.3) is 0 Å². The molecular weight excluding hydrogens is 1220 g/mol. The van der Waals surface area contributed by atoms with Gasteiger partial charge in [-0.25, -0.2) is 0 Å². The van der Waals surface area contributed by atoms with Crippen molar-refractivity contribution in [3.05, 3.63) is 72.9 Å².